The maximum atomic E-state index is 10.6. The molecular weight excluding hydrogens is 407 g/mol. The summed E-state index contributed by atoms with van der Waals surface area (Å²) < 4.78 is 23.4. The van der Waals surface area contributed by atoms with E-state index in [9.17, 15) is 10.2 Å². The number of benzene rings is 2. The van der Waals surface area contributed by atoms with Crippen molar-refractivity contribution in [1.82, 2.24) is 0 Å². The van der Waals surface area contributed by atoms with Crippen molar-refractivity contribution >= 4 is 23.2 Å². The highest BCUT2D eigenvalue weighted by molar-refractivity contribution is 6.30. The Morgan fingerprint density at radius 2 is 1.54 bits per heavy atom. The minimum absolute atomic E-state index is 0.222. The Kier molecular flexibility index (Phi) is 6.20. The van der Waals surface area contributed by atoms with Crippen molar-refractivity contribution in [3.8, 4) is 0 Å². The second-order valence-electron chi connectivity index (χ2n) is 6.73. The summed E-state index contributed by atoms with van der Waals surface area (Å²) in [5, 5.41) is 21.4. The molecule has 0 aliphatic carbocycles. The quantitative estimate of drug-likeness (QED) is 0.781. The molecular formula is C20H20Cl2O6. The van der Waals surface area contributed by atoms with Gasteiger partial charge in [0, 0.05) is 21.2 Å². The molecule has 2 fully saturated rings. The van der Waals surface area contributed by atoms with E-state index in [-0.39, 0.29) is 13.2 Å². The van der Waals surface area contributed by atoms with E-state index in [0.717, 1.165) is 5.56 Å². The van der Waals surface area contributed by atoms with Crippen molar-refractivity contribution in [2.24, 2.45) is 0 Å². The van der Waals surface area contributed by atoms with Gasteiger partial charge < -0.3 is 29.2 Å². The Bertz CT molecular complexity index is 819. The predicted molar refractivity (Wildman–Crippen MR) is 102 cm³/mol. The van der Waals surface area contributed by atoms with E-state index >= 15 is 0 Å². The third-order valence-corrected chi connectivity index (χ3v) is 5.27. The Balaban J connectivity index is 1.52. The van der Waals surface area contributed by atoms with Crippen LogP contribution in [0.15, 0.2) is 48.5 Å². The first-order valence-electron chi connectivity index (χ1n) is 8.93. The number of aliphatic hydroxyl groups excluding tert-OH is 2. The van der Waals surface area contributed by atoms with Crippen molar-refractivity contribution in [2.75, 3.05) is 13.2 Å². The molecule has 0 amide bonds. The van der Waals surface area contributed by atoms with Gasteiger partial charge in [-0.1, -0.05) is 47.5 Å². The van der Waals surface area contributed by atoms with Crippen molar-refractivity contribution < 1.29 is 29.2 Å². The molecule has 4 rings (SSSR count). The van der Waals surface area contributed by atoms with E-state index < -0.39 is 37.0 Å². The molecule has 2 aromatic rings. The highest BCUT2D eigenvalue weighted by atomic mass is 35.5. The van der Waals surface area contributed by atoms with Gasteiger partial charge >= 0.3 is 0 Å². The number of ether oxygens (including phenoxy) is 4. The van der Waals surface area contributed by atoms with Crippen LogP contribution in [0.2, 0.25) is 10.0 Å². The van der Waals surface area contributed by atoms with E-state index in [1.54, 1.807) is 36.4 Å². The SMILES string of the molecule is OC[C@@H]1OC(c2cccc(Cl)c2)O[C@@H]([C@H]2COC(c3cccc(Cl)c3)O2)[C@H]1O. The Hall–Kier alpha value is -1.22. The Morgan fingerprint density at radius 3 is 2.14 bits per heavy atom. The van der Waals surface area contributed by atoms with Gasteiger partial charge in [0.15, 0.2) is 12.6 Å². The smallest absolute Gasteiger partial charge is 0.185 e. The molecule has 0 bridgehead atoms. The van der Waals surface area contributed by atoms with Crippen LogP contribution in [-0.4, -0.2) is 47.8 Å². The summed E-state index contributed by atoms with van der Waals surface area (Å²) in [6, 6.07) is 14.2. The molecule has 0 saturated carbocycles. The molecule has 6 atom stereocenters. The number of hydrogen-bond donors (Lipinski definition) is 2. The highest BCUT2D eigenvalue weighted by Crippen LogP contribution is 2.37. The van der Waals surface area contributed by atoms with Crippen LogP contribution in [0.3, 0.4) is 0 Å². The van der Waals surface area contributed by atoms with E-state index in [0.29, 0.717) is 15.6 Å². The van der Waals surface area contributed by atoms with Gasteiger partial charge in [0.25, 0.3) is 0 Å². The van der Waals surface area contributed by atoms with Gasteiger partial charge in [-0.05, 0) is 24.3 Å². The van der Waals surface area contributed by atoms with Gasteiger partial charge in [-0.25, -0.2) is 0 Å². The van der Waals surface area contributed by atoms with Crippen LogP contribution < -0.4 is 0 Å². The number of halogens is 2. The molecule has 0 aromatic heterocycles. The first kappa shape index (κ1) is 20.1. The predicted octanol–water partition coefficient (Wildman–Crippen LogP) is 3.24. The molecule has 150 valence electrons. The lowest BCUT2D eigenvalue weighted by Gasteiger charge is -2.40. The molecule has 2 heterocycles. The fraction of sp³-hybridized carbons (Fsp3) is 0.400. The van der Waals surface area contributed by atoms with Crippen LogP contribution in [0.4, 0.5) is 0 Å². The van der Waals surface area contributed by atoms with Crippen molar-refractivity contribution in [1.29, 1.82) is 0 Å². The Morgan fingerprint density at radius 1 is 0.893 bits per heavy atom. The number of aliphatic hydroxyl groups is 2. The summed E-state index contributed by atoms with van der Waals surface area (Å²) in [6.45, 7) is -0.136. The second-order valence-corrected chi connectivity index (χ2v) is 7.60. The van der Waals surface area contributed by atoms with Crippen LogP contribution in [0.5, 0.6) is 0 Å². The molecule has 8 heteroatoms. The lowest BCUT2D eigenvalue weighted by molar-refractivity contribution is -0.310. The molecule has 2 saturated heterocycles. The summed E-state index contributed by atoms with van der Waals surface area (Å²) in [5.41, 5.74) is 1.47. The molecule has 0 spiro atoms. The molecule has 2 N–H and O–H groups in total. The van der Waals surface area contributed by atoms with E-state index in [1.807, 2.05) is 12.1 Å². The minimum Gasteiger partial charge on any atom is -0.394 e. The molecule has 2 aliphatic rings. The summed E-state index contributed by atoms with van der Waals surface area (Å²) in [6.07, 6.45) is -4.60. The van der Waals surface area contributed by atoms with Gasteiger partial charge in [-0.15, -0.1) is 0 Å². The Labute approximate surface area is 172 Å². The average Bonchev–Trinajstić information content (AvgIpc) is 3.18. The van der Waals surface area contributed by atoms with Gasteiger partial charge in [0.2, 0.25) is 0 Å². The molecule has 6 nitrogen and oxygen atoms in total. The van der Waals surface area contributed by atoms with Crippen molar-refractivity contribution in [3.63, 3.8) is 0 Å². The number of rotatable bonds is 4. The lowest BCUT2D eigenvalue weighted by atomic mass is 10.0. The van der Waals surface area contributed by atoms with Crippen LogP contribution >= 0.6 is 23.2 Å². The average molecular weight is 427 g/mol. The van der Waals surface area contributed by atoms with E-state index in [2.05, 4.69) is 0 Å². The first-order chi connectivity index (χ1) is 13.5. The molecule has 0 radical (unpaired) electrons. The molecule has 2 unspecified atom stereocenters. The van der Waals surface area contributed by atoms with Crippen LogP contribution in [0.1, 0.15) is 23.7 Å². The summed E-state index contributed by atoms with van der Waals surface area (Å²) in [5.74, 6) is 0. The molecule has 2 aliphatic heterocycles. The third-order valence-electron chi connectivity index (χ3n) is 4.79. The largest absolute Gasteiger partial charge is 0.394 e. The van der Waals surface area contributed by atoms with Crippen LogP contribution in [0.25, 0.3) is 0 Å². The normalized spacial score (nSPS) is 33.1. The third kappa shape index (κ3) is 4.20. The zero-order valence-electron chi connectivity index (χ0n) is 14.8. The van der Waals surface area contributed by atoms with Gasteiger partial charge in [0.1, 0.15) is 24.4 Å². The lowest BCUT2D eigenvalue weighted by Crippen LogP contribution is -2.54. The van der Waals surface area contributed by atoms with E-state index in [4.69, 9.17) is 42.1 Å². The zero-order chi connectivity index (χ0) is 19.7. The second kappa shape index (κ2) is 8.65. The van der Waals surface area contributed by atoms with Crippen LogP contribution in [-0.2, 0) is 18.9 Å². The van der Waals surface area contributed by atoms with Crippen molar-refractivity contribution in [3.05, 3.63) is 69.7 Å². The maximum Gasteiger partial charge on any atom is 0.185 e. The highest BCUT2D eigenvalue weighted by Gasteiger charge is 2.46. The monoisotopic (exact) mass is 426 g/mol. The topological polar surface area (TPSA) is 77.4 Å². The minimum atomic E-state index is -1.08. The van der Waals surface area contributed by atoms with Gasteiger partial charge in [-0.3, -0.25) is 0 Å². The van der Waals surface area contributed by atoms with Gasteiger partial charge in [-0.2, -0.15) is 0 Å². The summed E-state index contributed by atoms with van der Waals surface area (Å²) in [7, 11) is 0. The van der Waals surface area contributed by atoms with Crippen molar-refractivity contribution in [2.45, 2.75) is 37.0 Å². The maximum absolute atomic E-state index is 10.6. The first-order valence-corrected chi connectivity index (χ1v) is 9.68. The number of hydrogen-bond acceptors (Lipinski definition) is 6. The standard InChI is InChI=1S/C20H20Cl2O6/c21-13-5-1-3-11(7-13)19-25-10-16(27-19)18-17(24)15(9-23)26-20(28-18)12-4-2-6-14(22)8-12/h1-8,15-20,23-24H,9-10H2/t15-,16+,17-,18-,19?,20?/m0/s1. The molecule has 28 heavy (non-hydrogen) atoms. The summed E-state index contributed by atoms with van der Waals surface area (Å²) >= 11 is 12.1. The fourth-order valence-corrected chi connectivity index (χ4v) is 3.79. The zero-order valence-corrected chi connectivity index (χ0v) is 16.3. The molecule has 2 aromatic carbocycles. The summed E-state index contributed by atoms with van der Waals surface area (Å²) in [4.78, 5) is 0. The fourth-order valence-electron chi connectivity index (χ4n) is 3.39. The van der Waals surface area contributed by atoms with Gasteiger partial charge in [0.05, 0.1) is 13.2 Å². The van der Waals surface area contributed by atoms with Crippen LogP contribution in [0, 0.1) is 0 Å². The van der Waals surface area contributed by atoms with E-state index in [1.165, 1.54) is 0 Å².